The van der Waals surface area contributed by atoms with Crippen LogP contribution in [0.4, 0.5) is 0 Å². The maximum absolute atomic E-state index is 14.7. The molecule has 240 valence electrons. The minimum absolute atomic E-state index is 0.0179. The highest BCUT2D eigenvalue weighted by molar-refractivity contribution is 7.33. The van der Waals surface area contributed by atoms with Crippen LogP contribution in [0.2, 0.25) is 0 Å². The first-order chi connectivity index (χ1) is 23.1. The Kier molecular flexibility index (Phi) is 8.76. The van der Waals surface area contributed by atoms with Crippen LogP contribution in [0.3, 0.4) is 0 Å². The molecule has 0 heterocycles. The zero-order chi connectivity index (χ0) is 33.9. The molecule has 6 aromatic rings. The van der Waals surface area contributed by atoms with Gasteiger partial charge in [-0.2, -0.15) is 0 Å². The molecule has 0 atom stereocenters. The molecular weight excluding hydrogens is 631 g/mol. The van der Waals surface area contributed by atoms with Crippen molar-refractivity contribution in [2.24, 2.45) is 0 Å². The van der Waals surface area contributed by atoms with E-state index in [1.54, 1.807) is 72.8 Å². The SMILES string of the molecule is O=[P+](OC(c1ccc(O)cc1)(c1ccc(O)cc1)c1ccc(O)cc1)OC(c1ccc(O)cc1)(c1ccc(O)cc1)c1ccc(O)cc1. The fourth-order valence-electron chi connectivity index (χ4n) is 5.74. The number of phenols is 6. The molecule has 0 saturated heterocycles. The topological polar surface area (TPSA) is 157 Å². The van der Waals surface area contributed by atoms with Gasteiger partial charge in [-0.1, -0.05) is 81.8 Å². The van der Waals surface area contributed by atoms with Crippen molar-refractivity contribution < 1.29 is 44.3 Å². The van der Waals surface area contributed by atoms with Gasteiger partial charge in [-0.05, 0) is 106 Å². The number of rotatable bonds is 10. The van der Waals surface area contributed by atoms with Crippen LogP contribution in [0.25, 0.3) is 0 Å². The van der Waals surface area contributed by atoms with E-state index in [1.165, 1.54) is 72.8 Å². The summed E-state index contributed by atoms with van der Waals surface area (Å²) < 4.78 is 27.9. The first kappa shape index (κ1) is 32.1. The molecule has 10 heteroatoms. The van der Waals surface area contributed by atoms with Crippen molar-refractivity contribution in [2.75, 3.05) is 0 Å². The highest BCUT2D eigenvalue weighted by atomic mass is 31.1. The lowest BCUT2D eigenvalue weighted by Crippen LogP contribution is -2.34. The van der Waals surface area contributed by atoms with E-state index in [0.29, 0.717) is 33.4 Å². The summed E-state index contributed by atoms with van der Waals surface area (Å²) in [6.07, 6.45) is 0. The van der Waals surface area contributed by atoms with Crippen molar-refractivity contribution in [3.8, 4) is 34.5 Å². The van der Waals surface area contributed by atoms with Crippen molar-refractivity contribution >= 4 is 8.25 Å². The number of phenolic OH excluding ortho intramolecular Hbond substituents is 6. The van der Waals surface area contributed by atoms with Gasteiger partial charge < -0.3 is 30.6 Å². The van der Waals surface area contributed by atoms with E-state index in [9.17, 15) is 35.2 Å². The lowest BCUT2D eigenvalue weighted by atomic mass is 9.80. The minimum Gasteiger partial charge on any atom is -0.508 e. The quantitative estimate of drug-likeness (QED) is 0.0634. The van der Waals surface area contributed by atoms with E-state index in [4.69, 9.17) is 9.05 Å². The second-order valence-electron chi connectivity index (χ2n) is 11.0. The molecule has 0 saturated carbocycles. The Bertz CT molecular complexity index is 1640. The summed E-state index contributed by atoms with van der Waals surface area (Å²) in [7, 11) is -3.17. The molecule has 6 N–H and O–H groups in total. The molecule has 48 heavy (non-hydrogen) atoms. The van der Waals surface area contributed by atoms with Gasteiger partial charge in [0.25, 0.3) is 0 Å². The van der Waals surface area contributed by atoms with E-state index in [-0.39, 0.29) is 34.5 Å². The predicted octanol–water partition coefficient (Wildman–Crippen LogP) is 7.89. The van der Waals surface area contributed by atoms with Crippen molar-refractivity contribution in [1.82, 2.24) is 0 Å². The molecule has 0 aromatic heterocycles. The fraction of sp³-hybridized carbons (Fsp3) is 0.0526. The van der Waals surface area contributed by atoms with Crippen molar-refractivity contribution in [3.63, 3.8) is 0 Å². The summed E-state index contributed by atoms with van der Waals surface area (Å²) in [6.45, 7) is 0. The molecule has 0 aliphatic carbocycles. The highest BCUT2D eigenvalue weighted by Crippen LogP contribution is 2.54. The largest absolute Gasteiger partial charge is 0.700 e. The van der Waals surface area contributed by atoms with Crippen LogP contribution >= 0.6 is 8.25 Å². The summed E-state index contributed by atoms with van der Waals surface area (Å²) in [5.74, 6) is -0.107. The summed E-state index contributed by atoms with van der Waals surface area (Å²) in [5.41, 5.74) is -0.746. The van der Waals surface area contributed by atoms with Gasteiger partial charge in [0.15, 0.2) is 0 Å². The number of hydrogen-bond acceptors (Lipinski definition) is 9. The lowest BCUT2D eigenvalue weighted by molar-refractivity contribution is 0.0828. The fourth-order valence-corrected chi connectivity index (χ4v) is 6.85. The molecule has 0 aliphatic heterocycles. The second kappa shape index (κ2) is 13.1. The third-order valence-corrected chi connectivity index (χ3v) is 8.91. The molecule has 0 radical (unpaired) electrons. The summed E-state index contributed by atoms with van der Waals surface area (Å²) in [6, 6.07) is 36.7. The molecular formula is C38H30O9P+. The maximum atomic E-state index is 14.7. The summed E-state index contributed by atoms with van der Waals surface area (Å²) in [5, 5.41) is 61.0. The molecule has 0 spiro atoms. The Balaban J connectivity index is 1.59. The van der Waals surface area contributed by atoms with E-state index < -0.39 is 19.5 Å². The van der Waals surface area contributed by atoms with Crippen molar-refractivity contribution in [1.29, 1.82) is 0 Å². The van der Waals surface area contributed by atoms with E-state index in [0.717, 1.165) is 0 Å². The number of benzene rings is 6. The van der Waals surface area contributed by atoms with Gasteiger partial charge in [0.2, 0.25) is 11.2 Å². The summed E-state index contributed by atoms with van der Waals surface area (Å²) in [4.78, 5) is 0. The third kappa shape index (κ3) is 6.13. The van der Waals surface area contributed by atoms with Crippen LogP contribution in [-0.4, -0.2) is 30.6 Å². The highest BCUT2D eigenvalue weighted by Gasteiger charge is 2.53. The number of aromatic hydroxyl groups is 6. The van der Waals surface area contributed by atoms with E-state index in [2.05, 4.69) is 0 Å². The number of hydrogen-bond donors (Lipinski definition) is 6. The van der Waals surface area contributed by atoms with Crippen LogP contribution in [0.15, 0.2) is 146 Å². The van der Waals surface area contributed by atoms with Gasteiger partial charge in [0.1, 0.15) is 34.5 Å². The Hall–Kier alpha value is -5.86. The summed E-state index contributed by atoms with van der Waals surface area (Å²) >= 11 is 0. The van der Waals surface area contributed by atoms with Gasteiger partial charge >= 0.3 is 8.25 Å². The van der Waals surface area contributed by atoms with Gasteiger partial charge in [-0.3, -0.25) is 0 Å². The van der Waals surface area contributed by atoms with Crippen LogP contribution in [0, 0.1) is 0 Å². The normalized spacial score (nSPS) is 11.7. The Morgan fingerprint density at radius 1 is 0.312 bits per heavy atom. The van der Waals surface area contributed by atoms with Crippen LogP contribution < -0.4 is 0 Å². The van der Waals surface area contributed by atoms with Gasteiger partial charge in [-0.25, -0.2) is 0 Å². The van der Waals surface area contributed by atoms with Crippen LogP contribution in [-0.2, 0) is 24.8 Å². The zero-order valence-electron chi connectivity index (χ0n) is 25.2. The van der Waals surface area contributed by atoms with E-state index >= 15 is 0 Å². The van der Waals surface area contributed by atoms with Gasteiger partial charge in [-0.15, -0.1) is 0 Å². The predicted molar refractivity (Wildman–Crippen MR) is 178 cm³/mol. The van der Waals surface area contributed by atoms with Gasteiger partial charge in [0.05, 0.1) is 0 Å². The monoisotopic (exact) mass is 661 g/mol. The molecule has 0 amide bonds. The zero-order valence-corrected chi connectivity index (χ0v) is 26.1. The molecule has 0 unspecified atom stereocenters. The first-order valence-corrected chi connectivity index (χ1v) is 15.8. The second-order valence-corrected chi connectivity index (χ2v) is 11.9. The average molecular weight is 662 g/mol. The van der Waals surface area contributed by atoms with Crippen LogP contribution in [0.1, 0.15) is 33.4 Å². The smallest absolute Gasteiger partial charge is 0.508 e. The van der Waals surface area contributed by atoms with E-state index in [1.807, 2.05) is 0 Å². The molecule has 6 aromatic carbocycles. The molecule has 9 nitrogen and oxygen atoms in total. The van der Waals surface area contributed by atoms with Crippen molar-refractivity contribution in [3.05, 3.63) is 179 Å². The maximum Gasteiger partial charge on any atom is 0.700 e. The average Bonchev–Trinajstić information content (AvgIpc) is 3.09. The first-order valence-electron chi connectivity index (χ1n) is 14.7. The molecule has 0 bridgehead atoms. The molecule has 0 aliphatic rings. The lowest BCUT2D eigenvalue weighted by Gasteiger charge is -2.32. The third-order valence-electron chi connectivity index (χ3n) is 8.07. The Labute approximate surface area is 276 Å². The molecule has 6 rings (SSSR count). The standard InChI is InChI=1S/C38H29O9P/c39-31-13-1-25(2-14-31)37(26-3-15-32(40)16-4-26,27-5-17-33(41)18-6-27)46-48(45)47-38(28-7-19-34(42)20-8-28,29-9-21-35(43)22-10-29)30-11-23-36(44)24-12-30/h1-24H,(H5-,39,40,41,42,43,44)/p+1. The Morgan fingerprint density at radius 2 is 0.458 bits per heavy atom. The van der Waals surface area contributed by atoms with Crippen LogP contribution in [0.5, 0.6) is 34.5 Å². The Morgan fingerprint density at radius 3 is 0.604 bits per heavy atom. The molecule has 0 fully saturated rings. The minimum atomic E-state index is -3.17. The van der Waals surface area contributed by atoms with Crippen molar-refractivity contribution in [2.45, 2.75) is 11.2 Å². The van der Waals surface area contributed by atoms with Gasteiger partial charge in [0, 0.05) is 4.57 Å².